The molecule has 5 nitrogen and oxygen atoms in total. The zero-order valence-electron chi connectivity index (χ0n) is 5.40. The Morgan fingerprint density at radius 1 is 1.90 bits per heavy atom. The monoisotopic (exact) mass is 141 g/mol. The maximum Gasteiger partial charge on any atom is 0.411 e. The molecule has 54 valence electrons. The molecule has 0 aliphatic carbocycles. The van der Waals surface area contributed by atoms with E-state index < -0.39 is 6.09 Å². The van der Waals surface area contributed by atoms with Crippen LogP contribution in [-0.4, -0.2) is 20.8 Å². The van der Waals surface area contributed by atoms with Crippen molar-refractivity contribution >= 4 is 12.0 Å². The van der Waals surface area contributed by atoms with Crippen molar-refractivity contribution in [3.05, 3.63) is 12.4 Å². The van der Waals surface area contributed by atoms with Gasteiger partial charge in [0.2, 0.25) is 5.95 Å². The fraction of sp³-hybridized carbons (Fsp3) is 0.200. The molecule has 0 saturated carbocycles. The number of imidazole rings is 1. The summed E-state index contributed by atoms with van der Waals surface area (Å²) in [6, 6.07) is 0. The molecule has 0 atom stereocenters. The van der Waals surface area contributed by atoms with Gasteiger partial charge >= 0.3 is 6.09 Å². The Kier molecular flexibility index (Phi) is 1.57. The SMILES string of the molecule is Cn1ccnc1NC(=O)O. The van der Waals surface area contributed by atoms with Crippen LogP contribution in [0.15, 0.2) is 12.4 Å². The van der Waals surface area contributed by atoms with Crippen molar-refractivity contribution in [3.8, 4) is 0 Å². The van der Waals surface area contributed by atoms with Gasteiger partial charge in [0, 0.05) is 19.4 Å². The molecule has 1 rings (SSSR count). The average molecular weight is 141 g/mol. The predicted molar refractivity (Wildman–Crippen MR) is 34.9 cm³/mol. The van der Waals surface area contributed by atoms with E-state index in [9.17, 15) is 4.79 Å². The number of anilines is 1. The van der Waals surface area contributed by atoms with Gasteiger partial charge in [-0.3, -0.25) is 5.32 Å². The summed E-state index contributed by atoms with van der Waals surface area (Å²) in [5, 5.41) is 10.4. The van der Waals surface area contributed by atoms with Gasteiger partial charge in [-0.25, -0.2) is 9.78 Å². The molecule has 0 spiro atoms. The lowest BCUT2D eigenvalue weighted by molar-refractivity contribution is 0.209. The smallest absolute Gasteiger partial charge is 0.411 e. The molecule has 0 aromatic carbocycles. The summed E-state index contributed by atoms with van der Waals surface area (Å²) in [5.74, 6) is 0.326. The Labute approximate surface area is 57.3 Å². The molecule has 0 aliphatic rings. The van der Waals surface area contributed by atoms with Gasteiger partial charge in [0.1, 0.15) is 0 Å². The van der Waals surface area contributed by atoms with Crippen LogP contribution in [0, 0.1) is 0 Å². The second-order valence-corrected chi connectivity index (χ2v) is 1.79. The molecule has 1 heterocycles. The van der Waals surface area contributed by atoms with Crippen molar-refractivity contribution in [2.45, 2.75) is 0 Å². The molecular weight excluding hydrogens is 134 g/mol. The number of amides is 1. The summed E-state index contributed by atoms with van der Waals surface area (Å²) in [4.78, 5) is 13.8. The lowest BCUT2D eigenvalue weighted by Crippen LogP contribution is -2.11. The molecular formula is C5H7N3O2. The summed E-state index contributed by atoms with van der Waals surface area (Å²) in [6.07, 6.45) is 2.07. The highest BCUT2D eigenvalue weighted by atomic mass is 16.4. The second kappa shape index (κ2) is 2.38. The molecule has 0 radical (unpaired) electrons. The lowest BCUT2D eigenvalue weighted by atomic mass is 10.9. The van der Waals surface area contributed by atoms with E-state index in [2.05, 4.69) is 10.3 Å². The van der Waals surface area contributed by atoms with Gasteiger partial charge in [0.05, 0.1) is 0 Å². The predicted octanol–water partition coefficient (Wildman–Crippen LogP) is 0.510. The van der Waals surface area contributed by atoms with Crippen molar-refractivity contribution in [2.75, 3.05) is 5.32 Å². The number of hydrogen-bond donors (Lipinski definition) is 2. The number of nitrogens with one attached hydrogen (secondary N) is 1. The average Bonchev–Trinajstić information content (AvgIpc) is 2.15. The van der Waals surface area contributed by atoms with Crippen molar-refractivity contribution in [2.24, 2.45) is 7.05 Å². The number of hydrogen-bond acceptors (Lipinski definition) is 2. The first-order valence-electron chi connectivity index (χ1n) is 2.67. The van der Waals surface area contributed by atoms with Gasteiger partial charge in [0.15, 0.2) is 0 Å². The first-order chi connectivity index (χ1) is 4.70. The summed E-state index contributed by atoms with van der Waals surface area (Å²) >= 11 is 0. The van der Waals surface area contributed by atoms with E-state index in [0.717, 1.165) is 0 Å². The van der Waals surface area contributed by atoms with Crippen LogP contribution < -0.4 is 5.32 Å². The Bertz CT molecular complexity index is 243. The fourth-order valence-electron chi connectivity index (χ4n) is 0.582. The third kappa shape index (κ3) is 1.25. The van der Waals surface area contributed by atoms with Crippen LogP contribution in [0.1, 0.15) is 0 Å². The van der Waals surface area contributed by atoms with Crippen molar-refractivity contribution in [1.82, 2.24) is 9.55 Å². The third-order valence-corrected chi connectivity index (χ3v) is 1.04. The van der Waals surface area contributed by atoms with Crippen molar-refractivity contribution < 1.29 is 9.90 Å². The van der Waals surface area contributed by atoms with E-state index in [4.69, 9.17) is 5.11 Å². The molecule has 2 N–H and O–H groups in total. The van der Waals surface area contributed by atoms with Crippen molar-refractivity contribution in [1.29, 1.82) is 0 Å². The summed E-state index contributed by atoms with van der Waals surface area (Å²) < 4.78 is 1.58. The van der Waals surface area contributed by atoms with Crippen LogP contribution in [-0.2, 0) is 7.05 Å². The molecule has 10 heavy (non-hydrogen) atoms. The minimum atomic E-state index is -1.10. The van der Waals surface area contributed by atoms with Crippen LogP contribution in [0.2, 0.25) is 0 Å². The van der Waals surface area contributed by atoms with Gasteiger partial charge in [-0.05, 0) is 0 Å². The van der Waals surface area contributed by atoms with Gasteiger partial charge < -0.3 is 9.67 Å². The van der Waals surface area contributed by atoms with Crippen LogP contribution in [0.4, 0.5) is 10.7 Å². The van der Waals surface area contributed by atoms with Crippen LogP contribution in [0.5, 0.6) is 0 Å². The second-order valence-electron chi connectivity index (χ2n) is 1.79. The number of aromatic nitrogens is 2. The van der Waals surface area contributed by atoms with Gasteiger partial charge in [-0.1, -0.05) is 0 Å². The van der Waals surface area contributed by atoms with Crippen LogP contribution in [0.25, 0.3) is 0 Å². The van der Waals surface area contributed by atoms with E-state index in [-0.39, 0.29) is 0 Å². The number of aryl methyl sites for hydroxylation is 1. The molecule has 0 fully saturated rings. The van der Waals surface area contributed by atoms with Crippen LogP contribution in [0.3, 0.4) is 0 Å². The van der Waals surface area contributed by atoms with Gasteiger partial charge in [0.25, 0.3) is 0 Å². The van der Waals surface area contributed by atoms with Crippen LogP contribution >= 0.6 is 0 Å². The highest BCUT2D eigenvalue weighted by molar-refractivity contribution is 5.80. The van der Waals surface area contributed by atoms with Gasteiger partial charge in [-0.15, -0.1) is 0 Å². The Morgan fingerprint density at radius 2 is 2.60 bits per heavy atom. The topological polar surface area (TPSA) is 67.2 Å². The largest absolute Gasteiger partial charge is 0.465 e. The zero-order chi connectivity index (χ0) is 7.56. The van der Waals surface area contributed by atoms with E-state index in [1.807, 2.05) is 0 Å². The molecule has 0 saturated heterocycles. The maximum absolute atomic E-state index is 10.1. The molecule has 1 amide bonds. The highest BCUT2D eigenvalue weighted by Gasteiger charge is 2.00. The Balaban J connectivity index is 2.74. The lowest BCUT2D eigenvalue weighted by Gasteiger charge is -1.97. The summed E-state index contributed by atoms with van der Waals surface area (Å²) in [5.41, 5.74) is 0. The van der Waals surface area contributed by atoms with E-state index in [1.54, 1.807) is 17.8 Å². The number of carbonyl (C=O) groups is 1. The number of nitrogens with zero attached hydrogens (tertiary/aromatic N) is 2. The first-order valence-corrected chi connectivity index (χ1v) is 2.67. The normalized spacial score (nSPS) is 9.30. The summed E-state index contributed by atoms with van der Waals surface area (Å²) in [6.45, 7) is 0. The molecule has 1 aromatic rings. The van der Waals surface area contributed by atoms with Crippen molar-refractivity contribution in [3.63, 3.8) is 0 Å². The Morgan fingerprint density at radius 3 is 3.00 bits per heavy atom. The quantitative estimate of drug-likeness (QED) is 0.598. The minimum absolute atomic E-state index is 0.326. The molecule has 0 aliphatic heterocycles. The molecule has 0 unspecified atom stereocenters. The van der Waals surface area contributed by atoms with E-state index >= 15 is 0 Å². The molecule has 5 heteroatoms. The fourth-order valence-corrected chi connectivity index (χ4v) is 0.582. The number of rotatable bonds is 1. The third-order valence-electron chi connectivity index (χ3n) is 1.04. The first kappa shape index (κ1) is 6.60. The van der Waals surface area contributed by atoms with Gasteiger partial charge in [-0.2, -0.15) is 0 Å². The maximum atomic E-state index is 10.1. The zero-order valence-corrected chi connectivity index (χ0v) is 5.40. The molecule has 0 bridgehead atoms. The standard InChI is InChI=1S/C5H7N3O2/c1-8-3-2-6-4(8)7-5(9)10/h2-3H,1H3,(H,6,7)(H,9,10). The van der Waals surface area contributed by atoms with E-state index in [1.165, 1.54) is 6.20 Å². The van der Waals surface area contributed by atoms with E-state index in [0.29, 0.717) is 5.95 Å². The molecule has 1 aromatic heterocycles. The minimum Gasteiger partial charge on any atom is -0.465 e. The highest BCUT2D eigenvalue weighted by Crippen LogP contribution is 1.98. The Hall–Kier alpha value is -1.52. The number of carboxylic acid groups (broad SMARTS) is 1. The summed E-state index contributed by atoms with van der Waals surface area (Å²) in [7, 11) is 1.71.